The van der Waals surface area contributed by atoms with Gasteiger partial charge in [0, 0.05) is 0 Å². The zero-order chi connectivity index (χ0) is 19.8. The van der Waals surface area contributed by atoms with Crippen LogP contribution in [0.25, 0.3) is 0 Å². The van der Waals surface area contributed by atoms with Gasteiger partial charge in [-0.15, -0.1) is 0 Å². The summed E-state index contributed by atoms with van der Waals surface area (Å²) in [6, 6.07) is 27.4. The normalized spacial score (nSPS) is 11.1. The minimum atomic E-state index is 0.493. The van der Waals surface area contributed by atoms with E-state index in [-0.39, 0.29) is 0 Å². The number of aryl methyl sites for hydroxylation is 3. The summed E-state index contributed by atoms with van der Waals surface area (Å²) in [5, 5.41) is 0. The molecule has 0 fully saturated rings. The smallest absolute Gasteiger partial charge is 0.00555 e. The molecule has 0 bridgehead atoms. The molecule has 0 saturated carbocycles. The maximum atomic E-state index is 2.46. The Bertz CT molecular complexity index is 705. The van der Waals surface area contributed by atoms with Crippen molar-refractivity contribution in [2.75, 3.05) is 0 Å². The van der Waals surface area contributed by atoms with Gasteiger partial charge >= 0.3 is 0 Å². The topological polar surface area (TPSA) is 0 Å². The molecule has 0 unspecified atom stereocenters. The van der Waals surface area contributed by atoms with Gasteiger partial charge in [-0.2, -0.15) is 0 Å². The van der Waals surface area contributed by atoms with Crippen molar-refractivity contribution in [2.24, 2.45) is 5.92 Å². The molecule has 0 heterocycles. The Morgan fingerprint density at radius 1 is 0.500 bits per heavy atom. The van der Waals surface area contributed by atoms with Crippen LogP contribution in [0, 0.1) is 12.3 Å². The zero-order valence-corrected chi connectivity index (χ0v) is 17.6. The molecule has 28 heavy (non-hydrogen) atoms. The minimum Gasteiger partial charge on any atom is -0.0613 e. The Morgan fingerprint density at radius 3 is 1.18 bits per heavy atom. The predicted molar refractivity (Wildman–Crippen MR) is 122 cm³/mol. The lowest BCUT2D eigenvalue weighted by molar-refractivity contribution is 0.608. The van der Waals surface area contributed by atoms with Crippen molar-refractivity contribution in [3.8, 4) is 0 Å². The first kappa shape index (κ1) is 20.4. The standard InChI is InChI=1S/C28H33/c1-4-22-7-13-25(14-8-22)19-28(20-26-15-9-23(5-2)10-16-26)21-27-17-11-24(6-3)12-18-27/h7-19,28H,4-6,20-21H2,1-3H3. The van der Waals surface area contributed by atoms with E-state index in [1.807, 2.05) is 0 Å². The summed E-state index contributed by atoms with van der Waals surface area (Å²) in [6.45, 7) is 6.64. The van der Waals surface area contributed by atoms with Gasteiger partial charge in [0.1, 0.15) is 0 Å². The molecule has 0 N–H and O–H groups in total. The monoisotopic (exact) mass is 369 g/mol. The van der Waals surface area contributed by atoms with Crippen LogP contribution in [0.5, 0.6) is 0 Å². The summed E-state index contributed by atoms with van der Waals surface area (Å²) in [4.78, 5) is 0. The third-order valence-corrected chi connectivity index (χ3v) is 5.67. The molecule has 3 aromatic rings. The number of rotatable bonds is 9. The van der Waals surface area contributed by atoms with E-state index in [2.05, 4.69) is 100.0 Å². The molecule has 145 valence electrons. The van der Waals surface area contributed by atoms with Crippen LogP contribution in [-0.4, -0.2) is 0 Å². The highest BCUT2D eigenvalue weighted by molar-refractivity contribution is 5.31. The summed E-state index contributed by atoms with van der Waals surface area (Å²) < 4.78 is 0. The first-order chi connectivity index (χ1) is 13.7. The molecule has 0 aliphatic rings. The fourth-order valence-corrected chi connectivity index (χ4v) is 3.75. The molecular weight excluding hydrogens is 336 g/mol. The van der Waals surface area contributed by atoms with Crippen LogP contribution in [0.3, 0.4) is 0 Å². The molecule has 3 aromatic carbocycles. The highest BCUT2D eigenvalue weighted by Crippen LogP contribution is 2.23. The summed E-state index contributed by atoms with van der Waals surface area (Å²) in [5.74, 6) is 0.493. The van der Waals surface area contributed by atoms with Crippen LogP contribution >= 0.6 is 0 Å². The molecule has 0 aromatic heterocycles. The molecule has 0 aliphatic heterocycles. The van der Waals surface area contributed by atoms with Crippen LogP contribution in [0.15, 0.2) is 72.8 Å². The van der Waals surface area contributed by atoms with Gasteiger partial charge in [0.05, 0.1) is 0 Å². The molecule has 3 rings (SSSR count). The van der Waals surface area contributed by atoms with E-state index in [4.69, 9.17) is 0 Å². The molecule has 0 amide bonds. The van der Waals surface area contributed by atoms with E-state index < -0.39 is 0 Å². The first-order valence-electron chi connectivity index (χ1n) is 10.8. The lowest BCUT2D eigenvalue weighted by Gasteiger charge is -2.18. The van der Waals surface area contributed by atoms with Crippen LogP contribution in [-0.2, 0) is 32.1 Å². The average Bonchev–Trinajstić information content (AvgIpc) is 2.75. The van der Waals surface area contributed by atoms with Gasteiger partial charge in [-0.3, -0.25) is 0 Å². The Hall–Kier alpha value is -2.34. The van der Waals surface area contributed by atoms with Crippen molar-refractivity contribution in [3.63, 3.8) is 0 Å². The van der Waals surface area contributed by atoms with Crippen LogP contribution < -0.4 is 0 Å². The van der Waals surface area contributed by atoms with Gasteiger partial charge in [0.25, 0.3) is 0 Å². The SMILES string of the molecule is CCc1ccc([CH]C(Cc2ccc(CC)cc2)Cc2ccc(CC)cc2)cc1. The third-order valence-electron chi connectivity index (χ3n) is 5.67. The van der Waals surface area contributed by atoms with Crippen LogP contribution in [0.4, 0.5) is 0 Å². The second-order valence-electron chi connectivity index (χ2n) is 7.77. The van der Waals surface area contributed by atoms with Gasteiger partial charge in [0.2, 0.25) is 0 Å². The minimum absolute atomic E-state index is 0.493. The summed E-state index contributed by atoms with van der Waals surface area (Å²) in [5.41, 5.74) is 8.41. The fraction of sp³-hybridized carbons (Fsp3) is 0.321. The van der Waals surface area contributed by atoms with E-state index in [0.29, 0.717) is 5.92 Å². The Balaban J connectivity index is 1.76. The van der Waals surface area contributed by atoms with E-state index in [9.17, 15) is 0 Å². The Kier molecular flexibility index (Phi) is 7.48. The highest BCUT2D eigenvalue weighted by atomic mass is 14.2. The molecular formula is C28H33. The first-order valence-corrected chi connectivity index (χ1v) is 10.8. The van der Waals surface area contributed by atoms with Crippen molar-refractivity contribution in [1.82, 2.24) is 0 Å². The van der Waals surface area contributed by atoms with Gasteiger partial charge in [-0.1, -0.05) is 93.6 Å². The quantitative estimate of drug-likeness (QED) is 0.380. The second-order valence-corrected chi connectivity index (χ2v) is 7.77. The van der Waals surface area contributed by atoms with Crippen molar-refractivity contribution >= 4 is 0 Å². The molecule has 0 atom stereocenters. The lowest BCUT2D eigenvalue weighted by Crippen LogP contribution is -2.10. The number of hydrogen-bond donors (Lipinski definition) is 0. The molecule has 0 saturated heterocycles. The molecule has 1 radical (unpaired) electrons. The van der Waals surface area contributed by atoms with Crippen molar-refractivity contribution < 1.29 is 0 Å². The van der Waals surface area contributed by atoms with E-state index >= 15 is 0 Å². The maximum Gasteiger partial charge on any atom is -0.00555 e. The number of hydrogen-bond acceptors (Lipinski definition) is 0. The largest absolute Gasteiger partial charge is 0.0613 e. The summed E-state index contributed by atoms with van der Waals surface area (Å²) >= 11 is 0. The molecule has 0 heteroatoms. The zero-order valence-electron chi connectivity index (χ0n) is 17.6. The van der Waals surface area contributed by atoms with Crippen LogP contribution in [0.2, 0.25) is 0 Å². The Labute approximate surface area is 171 Å². The predicted octanol–water partition coefficient (Wildman–Crippen LogP) is 7.03. The second kappa shape index (κ2) is 10.3. The molecule has 0 spiro atoms. The van der Waals surface area contributed by atoms with Gasteiger partial charge in [-0.05, 0) is 77.8 Å². The van der Waals surface area contributed by atoms with Crippen molar-refractivity contribution in [1.29, 1.82) is 0 Å². The molecule has 0 aliphatic carbocycles. The van der Waals surface area contributed by atoms with Crippen molar-refractivity contribution in [2.45, 2.75) is 52.9 Å². The van der Waals surface area contributed by atoms with E-state index in [0.717, 1.165) is 32.1 Å². The molecule has 0 nitrogen and oxygen atoms in total. The Morgan fingerprint density at radius 2 is 0.821 bits per heavy atom. The fourth-order valence-electron chi connectivity index (χ4n) is 3.75. The third kappa shape index (κ3) is 5.83. The summed E-state index contributed by atoms with van der Waals surface area (Å²) in [7, 11) is 0. The van der Waals surface area contributed by atoms with Gasteiger partial charge < -0.3 is 0 Å². The highest BCUT2D eigenvalue weighted by Gasteiger charge is 2.13. The number of benzene rings is 3. The van der Waals surface area contributed by atoms with E-state index in [1.165, 1.54) is 33.4 Å². The average molecular weight is 370 g/mol. The lowest BCUT2D eigenvalue weighted by atomic mass is 9.86. The summed E-state index contributed by atoms with van der Waals surface area (Å²) in [6.07, 6.45) is 7.91. The van der Waals surface area contributed by atoms with Gasteiger partial charge in [0.15, 0.2) is 0 Å². The van der Waals surface area contributed by atoms with Crippen molar-refractivity contribution in [3.05, 3.63) is 113 Å². The van der Waals surface area contributed by atoms with E-state index in [1.54, 1.807) is 0 Å². The maximum absolute atomic E-state index is 2.46. The van der Waals surface area contributed by atoms with Crippen LogP contribution in [0.1, 0.15) is 54.2 Å². The van der Waals surface area contributed by atoms with Gasteiger partial charge in [-0.25, -0.2) is 0 Å².